The summed E-state index contributed by atoms with van der Waals surface area (Å²) in [6.07, 6.45) is 0.796. The zero-order valence-corrected chi connectivity index (χ0v) is 33.0. The lowest BCUT2D eigenvalue weighted by molar-refractivity contribution is -0.150. The van der Waals surface area contributed by atoms with Gasteiger partial charge in [0, 0.05) is 28.6 Å². The number of benzene rings is 4. The fourth-order valence-electron chi connectivity index (χ4n) is 6.60. The van der Waals surface area contributed by atoms with Gasteiger partial charge in [-0.15, -0.1) is 0 Å². The Bertz CT molecular complexity index is 1950. The van der Waals surface area contributed by atoms with Crippen LogP contribution < -0.4 is 20.7 Å². The molecule has 0 aromatic heterocycles. The molecule has 4 aromatic carbocycles. The van der Waals surface area contributed by atoms with E-state index in [1.54, 1.807) is 0 Å². The molecule has 0 spiro atoms. The van der Waals surface area contributed by atoms with Crippen LogP contribution in [-0.2, 0) is 36.9 Å². The molecule has 3 atom stereocenters. The van der Waals surface area contributed by atoms with E-state index in [4.69, 9.17) is 14.2 Å². The first-order valence-corrected chi connectivity index (χ1v) is 18.6. The summed E-state index contributed by atoms with van der Waals surface area (Å²) >= 11 is 0. The van der Waals surface area contributed by atoms with Gasteiger partial charge in [0.1, 0.15) is 30.5 Å². The second-order valence-corrected chi connectivity index (χ2v) is 16.9. The SMILES string of the molecule is CC(C)(C)NC1C(=O)OCCc2ccccc21.CC(C)(C)NC1C(=O)OCc2ccccc21.CC(C)(C)NC1C(=O)Oc2ccccc2-c2ccccc21. The van der Waals surface area contributed by atoms with Gasteiger partial charge >= 0.3 is 17.9 Å². The monoisotopic (exact) mass is 733 g/mol. The molecule has 3 aliphatic heterocycles. The van der Waals surface area contributed by atoms with Crippen molar-refractivity contribution in [3.8, 4) is 16.9 Å². The van der Waals surface area contributed by atoms with Gasteiger partial charge in [0.05, 0.1) is 6.61 Å². The molecule has 7 rings (SSSR count). The Morgan fingerprint density at radius 3 is 1.48 bits per heavy atom. The minimum absolute atomic E-state index is 0.117. The summed E-state index contributed by atoms with van der Waals surface area (Å²) in [4.78, 5) is 36.3. The molecule has 3 heterocycles. The third-order valence-corrected chi connectivity index (χ3v) is 8.82. The fraction of sp³-hybridized carbons (Fsp3) is 0.400. The van der Waals surface area contributed by atoms with Crippen LogP contribution >= 0.6 is 0 Å². The molecule has 0 radical (unpaired) electrons. The molecular weight excluding hydrogens is 679 g/mol. The Morgan fingerprint density at radius 2 is 0.907 bits per heavy atom. The Morgan fingerprint density at radius 1 is 0.481 bits per heavy atom. The minimum Gasteiger partial charge on any atom is -0.464 e. The van der Waals surface area contributed by atoms with Crippen LogP contribution in [0.4, 0.5) is 0 Å². The van der Waals surface area contributed by atoms with E-state index in [2.05, 4.69) is 22.0 Å². The van der Waals surface area contributed by atoms with Crippen molar-refractivity contribution in [2.45, 2.75) is 110 Å². The average Bonchev–Trinajstić information content (AvgIpc) is 3.32. The summed E-state index contributed by atoms with van der Waals surface area (Å²) in [6, 6.07) is 30.4. The predicted molar refractivity (Wildman–Crippen MR) is 212 cm³/mol. The molecular formula is C45H55N3O6. The van der Waals surface area contributed by atoms with Crippen LogP contribution in [0.2, 0.25) is 0 Å². The van der Waals surface area contributed by atoms with Gasteiger partial charge in [-0.05, 0) is 102 Å². The van der Waals surface area contributed by atoms with Gasteiger partial charge in [-0.2, -0.15) is 0 Å². The summed E-state index contributed by atoms with van der Waals surface area (Å²) in [7, 11) is 0. The van der Waals surface area contributed by atoms with Crippen molar-refractivity contribution in [2.75, 3.05) is 6.61 Å². The quantitative estimate of drug-likeness (QED) is 0.142. The normalized spacial score (nSPS) is 19.2. The number of nitrogens with one attached hydrogen (secondary N) is 3. The number of hydrogen-bond donors (Lipinski definition) is 3. The summed E-state index contributed by atoms with van der Waals surface area (Å²) < 4.78 is 16.0. The standard InChI is InChI=1S/C18H19NO2.C14H19NO2.C13H17NO2/c1-18(2,3)19-16-14-10-5-4-8-12(14)13-9-6-7-11-15(13)21-17(16)20;1-14(2,3)15-12-11-7-5-4-6-10(11)8-9-17-13(12)16;1-13(2,3)14-11-10-7-5-4-6-9(10)8-16-12(11)15/h4-11,16,19H,1-3H3;4-7,12,15H,8-9H2,1-3H3;4-7,11,14H,8H2,1-3H3. The van der Waals surface area contributed by atoms with E-state index in [9.17, 15) is 14.4 Å². The molecule has 0 fully saturated rings. The Kier molecular flexibility index (Phi) is 12.5. The number of carbonyl (C=O) groups excluding carboxylic acids is 3. The zero-order chi connectivity index (χ0) is 39.3. The van der Waals surface area contributed by atoms with Crippen molar-refractivity contribution >= 4 is 17.9 Å². The van der Waals surface area contributed by atoms with E-state index >= 15 is 0 Å². The first kappa shape index (κ1) is 40.4. The van der Waals surface area contributed by atoms with Gasteiger partial charge in [-0.25, -0.2) is 14.4 Å². The van der Waals surface area contributed by atoms with Crippen LogP contribution in [0.15, 0.2) is 97.1 Å². The van der Waals surface area contributed by atoms with Crippen LogP contribution in [0.25, 0.3) is 11.1 Å². The summed E-state index contributed by atoms with van der Waals surface area (Å²) in [6.45, 7) is 19.3. The number of esters is 3. The van der Waals surface area contributed by atoms with E-state index < -0.39 is 6.04 Å². The zero-order valence-electron chi connectivity index (χ0n) is 33.0. The lowest BCUT2D eigenvalue weighted by Crippen LogP contribution is -2.44. The number of hydrogen-bond acceptors (Lipinski definition) is 9. The number of fused-ring (bicyclic) bond motifs is 5. The Labute approximate surface area is 320 Å². The highest BCUT2D eigenvalue weighted by atomic mass is 16.5. The molecule has 3 aliphatic rings. The summed E-state index contributed by atoms with van der Waals surface area (Å²) in [5.74, 6) is -0.00557. The molecule has 0 aliphatic carbocycles. The smallest absolute Gasteiger partial charge is 0.333 e. The first-order valence-electron chi connectivity index (χ1n) is 18.6. The fourth-order valence-corrected chi connectivity index (χ4v) is 6.60. The van der Waals surface area contributed by atoms with Crippen LogP contribution in [0.5, 0.6) is 5.75 Å². The van der Waals surface area contributed by atoms with E-state index in [0.717, 1.165) is 39.8 Å². The summed E-state index contributed by atoms with van der Waals surface area (Å²) in [5.41, 5.74) is 6.90. The lowest BCUT2D eigenvalue weighted by atomic mass is 9.94. The number of carbonyl (C=O) groups is 3. The first-order chi connectivity index (χ1) is 25.4. The van der Waals surface area contributed by atoms with E-state index in [1.807, 2.05) is 153 Å². The lowest BCUT2D eigenvalue weighted by Gasteiger charge is -2.31. The number of rotatable bonds is 3. The average molecular weight is 734 g/mol. The van der Waals surface area contributed by atoms with Gasteiger partial charge in [0.15, 0.2) is 0 Å². The number of ether oxygens (including phenoxy) is 3. The Balaban J connectivity index is 0.000000158. The van der Waals surface area contributed by atoms with E-state index in [0.29, 0.717) is 19.0 Å². The molecule has 3 unspecified atom stereocenters. The van der Waals surface area contributed by atoms with Crippen molar-refractivity contribution in [1.29, 1.82) is 0 Å². The second-order valence-electron chi connectivity index (χ2n) is 16.9. The number of para-hydroxylation sites is 1. The van der Waals surface area contributed by atoms with Gasteiger partial charge in [0.2, 0.25) is 0 Å². The molecule has 9 nitrogen and oxygen atoms in total. The maximum absolute atomic E-state index is 12.5. The van der Waals surface area contributed by atoms with Crippen molar-refractivity contribution in [2.24, 2.45) is 0 Å². The highest BCUT2D eigenvalue weighted by molar-refractivity contribution is 5.89. The number of cyclic esters (lactones) is 2. The third kappa shape index (κ3) is 10.6. The maximum atomic E-state index is 12.5. The van der Waals surface area contributed by atoms with Crippen LogP contribution in [0, 0.1) is 0 Å². The largest absolute Gasteiger partial charge is 0.464 e. The third-order valence-electron chi connectivity index (χ3n) is 8.82. The highest BCUT2D eigenvalue weighted by Crippen LogP contribution is 2.39. The minimum atomic E-state index is -0.464. The molecule has 9 heteroatoms. The summed E-state index contributed by atoms with van der Waals surface area (Å²) in [5, 5.41) is 9.98. The van der Waals surface area contributed by atoms with E-state index in [-0.39, 0.29) is 46.6 Å². The van der Waals surface area contributed by atoms with Crippen LogP contribution in [-0.4, -0.2) is 41.1 Å². The van der Waals surface area contributed by atoms with Crippen molar-refractivity contribution in [3.63, 3.8) is 0 Å². The predicted octanol–water partition coefficient (Wildman–Crippen LogP) is 8.09. The van der Waals surface area contributed by atoms with Crippen molar-refractivity contribution < 1.29 is 28.6 Å². The van der Waals surface area contributed by atoms with Crippen LogP contribution in [0.3, 0.4) is 0 Å². The molecule has 286 valence electrons. The molecule has 0 saturated carbocycles. The molecule has 3 N–H and O–H groups in total. The maximum Gasteiger partial charge on any atom is 0.333 e. The molecule has 0 bridgehead atoms. The molecule has 0 amide bonds. The highest BCUT2D eigenvalue weighted by Gasteiger charge is 2.34. The molecule has 54 heavy (non-hydrogen) atoms. The Hall–Kier alpha value is -4.83. The van der Waals surface area contributed by atoms with Gasteiger partial charge < -0.3 is 14.2 Å². The topological polar surface area (TPSA) is 115 Å². The van der Waals surface area contributed by atoms with Crippen molar-refractivity contribution in [1.82, 2.24) is 16.0 Å². The van der Waals surface area contributed by atoms with Gasteiger partial charge in [0.25, 0.3) is 0 Å². The van der Waals surface area contributed by atoms with Crippen molar-refractivity contribution in [3.05, 3.63) is 125 Å². The second kappa shape index (κ2) is 16.7. The van der Waals surface area contributed by atoms with Gasteiger partial charge in [-0.3, -0.25) is 16.0 Å². The van der Waals surface area contributed by atoms with Crippen LogP contribution in [0.1, 0.15) is 108 Å². The van der Waals surface area contributed by atoms with Gasteiger partial charge in [-0.1, -0.05) is 91.0 Å². The molecule has 0 saturated heterocycles. The molecule has 4 aromatic rings. The van der Waals surface area contributed by atoms with E-state index in [1.165, 1.54) is 5.56 Å².